The molecule has 0 amide bonds. The number of ketones is 1. The van der Waals surface area contributed by atoms with E-state index in [0.29, 0.717) is 5.56 Å². The van der Waals surface area contributed by atoms with Crippen molar-refractivity contribution in [3.05, 3.63) is 46.8 Å². The summed E-state index contributed by atoms with van der Waals surface area (Å²) in [6, 6.07) is 5.46. The van der Waals surface area contributed by atoms with E-state index in [9.17, 15) is 9.18 Å². The molecular weight excluding hydrogens is 193 g/mol. The minimum atomic E-state index is -0.605. The number of allylic oxidation sites excluding steroid dienone is 2. The third-order valence-corrected chi connectivity index (χ3v) is 1.79. The second-order valence-corrected chi connectivity index (χ2v) is 3.39. The Morgan fingerprint density at radius 2 is 2.13 bits per heavy atom. The summed E-state index contributed by atoms with van der Waals surface area (Å²) >= 11 is 0. The van der Waals surface area contributed by atoms with Crippen LogP contribution in [-0.2, 0) is 0 Å². The SMILES string of the molecule is CC(C)=CC(=O)c1ccc(F)c(C#N)c1. The zero-order valence-corrected chi connectivity index (χ0v) is 8.54. The molecule has 0 aromatic heterocycles. The first-order valence-electron chi connectivity index (χ1n) is 4.43. The lowest BCUT2D eigenvalue weighted by molar-refractivity contribution is 0.104. The van der Waals surface area contributed by atoms with Crippen molar-refractivity contribution in [3.63, 3.8) is 0 Å². The molecule has 1 aromatic carbocycles. The monoisotopic (exact) mass is 203 g/mol. The molecule has 76 valence electrons. The van der Waals surface area contributed by atoms with Crippen LogP contribution in [0.1, 0.15) is 29.8 Å². The lowest BCUT2D eigenvalue weighted by Gasteiger charge is -1.98. The molecule has 0 radical (unpaired) electrons. The van der Waals surface area contributed by atoms with Gasteiger partial charge in [-0.05, 0) is 38.1 Å². The third kappa shape index (κ3) is 2.75. The maximum atomic E-state index is 12.9. The van der Waals surface area contributed by atoms with Gasteiger partial charge in [0.1, 0.15) is 11.9 Å². The van der Waals surface area contributed by atoms with Gasteiger partial charge < -0.3 is 0 Å². The number of benzene rings is 1. The van der Waals surface area contributed by atoms with Crippen LogP contribution in [-0.4, -0.2) is 5.78 Å². The van der Waals surface area contributed by atoms with Gasteiger partial charge in [0.15, 0.2) is 5.78 Å². The number of hydrogen-bond donors (Lipinski definition) is 0. The summed E-state index contributed by atoms with van der Waals surface area (Å²) < 4.78 is 12.9. The van der Waals surface area contributed by atoms with Crippen LogP contribution in [0, 0.1) is 17.1 Å². The van der Waals surface area contributed by atoms with Crippen LogP contribution in [0.2, 0.25) is 0 Å². The van der Waals surface area contributed by atoms with Crippen LogP contribution < -0.4 is 0 Å². The van der Waals surface area contributed by atoms with E-state index in [1.165, 1.54) is 18.2 Å². The fourth-order valence-electron chi connectivity index (χ4n) is 1.11. The predicted molar refractivity (Wildman–Crippen MR) is 54.9 cm³/mol. The van der Waals surface area contributed by atoms with E-state index >= 15 is 0 Å². The largest absolute Gasteiger partial charge is 0.289 e. The first kappa shape index (κ1) is 11.1. The minimum absolute atomic E-state index is 0.108. The van der Waals surface area contributed by atoms with Crippen molar-refractivity contribution < 1.29 is 9.18 Å². The summed E-state index contributed by atoms with van der Waals surface area (Å²) in [5.74, 6) is -0.822. The average Bonchev–Trinajstić information content (AvgIpc) is 2.17. The Kier molecular flexibility index (Phi) is 3.35. The Balaban J connectivity index is 3.13. The highest BCUT2D eigenvalue weighted by Crippen LogP contribution is 2.11. The van der Waals surface area contributed by atoms with Crippen molar-refractivity contribution in [2.45, 2.75) is 13.8 Å². The number of halogens is 1. The molecule has 0 unspecified atom stereocenters. The van der Waals surface area contributed by atoms with E-state index in [1.54, 1.807) is 19.9 Å². The maximum Gasteiger partial charge on any atom is 0.185 e. The van der Waals surface area contributed by atoms with E-state index in [2.05, 4.69) is 0 Å². The van der Waals surface area contributed by atoms with Gasteiger partial charge in [0, 0.05) is 5.56 Å². The first-order chi connectivity index (χ1) is 7.04. The Hall–Kier alpha value is -1.95. The van der Waals surface area contributed by atoms with Gasteiger partial charge in [-0.15, -0.1) is 0 Å². The number of nitrogens with zero attached hydrogens (tertiary/aromatic N) is 1. The summed E-state index contributed by atoms with van der Waals surface area (Å²) in [6.07, 6.45) is 1.45. The fourth-order valence-corrected chi connectivity index (χ4v) is 1.11. The van der Waals surface area contributed by atoms with E-state index in [4.69, 9.17) is 5.26 Å². The molecule has 3 heteroatoms. The van der Waals surface area contributed by atoms with E-state index in [1.807, 2.05) is 0 Å². The lowest BCUT2D eigenvalue weighted by Crippen LogP contribution is -1.97. The van der Waals surface area contributed by atoms with Crippen molar-refractivity contribution in [1.29, 1.82) is 5.26 Å². The van der Waals surface area contributed by atoms with E-state index < -0.39 is 5.82 Å². The lowest BCUT2D eigenvalue weighted by atomic mass is 10.1. The van der Waals surface area contributed by atoms with Gasteiger partial charge in [0.25, 0.3) is 0 Å². The molecule has 15 heavy (non-hydrogen) atoms. The second-order valence-electron chi connectivity index (χ2n) is 3.39. The first-order valence-corrected chi connectivity index (χ1v) is 4.43. The molecule has 2 nitrogen and oxygen atoms in total. The fraction of sp³-hybridized carbons (Fsp3) is 0.167. The van der Waals surface area contributed by atoms with Crippen LogP contribution in [0.15, 0.2) is 29.8 Å². The molecular formula is C12H10FNO. The summed E-state index contributed by atoms with van der Waals surface area (Å²) in [6.45, 7) is 3.60. The second kappa shape index (κ2) is 4.52. The van der Waals surface area contributed by atoms with Crippen LogP contribution in [0.3, 0.4) is 0 Å². The molecule has 0 heterocycles. The zero-order chi connectivity index (χ0) is 11.4. The molecule has 0 bridgehead atoms. The van der Waals surface area contributed by atoms with Crippen molar-refractivity contribution in [2.75, 3.05) is 0 Å². The normalized spacial score (nSPS) is 9.20. The van der Waals surface area contributed by atoms with Crippen molar-refractivity contribution in [1.82, 2.24) is 0 Å². The smallest absolute Gasteiger partial charge is 0.185 e. The van der Waals surface area contributed by atoms with Crippen molar-refractivity contribution >= 4 is 5.78 Å². The number of carbonyl (C=O) groups is 1. The zero-order valence-electron chi connectivity index (χ0n) is 8.54. The molecule has 0 aliphatic heterocycles. The van der Waals surface area contributed by atoms with Crippen LogP contribution in [0.25, 0.3) is 0 Å². The molecule has 0 aliphatic carbocycles. The molecule has 1 aromatic rings. The highest BCUT2D eigenvalue weighted by Gasteiger charge is 2.07. The number of carbonyl (C=O) groups excluding carboxylic acids is 1. The van der Waals surface area contributed by atoms with Crippen molar-refractivity contribution in [3.8, 4) is 6.07 Å². The van der Waals surface area contributed by atoms with Crippen LogP contribution >= 0.6 is 0 Å². The molecule has 1 rings (SSSR count). The maximum absolute atomic E-state index is 12.9. The highest BCUT2D eigenvalue weighted by molar-refractivity contribution is 6.05. The van der Waals surface area contributed by atoms with Gasteiger partial charge in [-0.1, -0.05) is 5.57 Å². The Bertz CT molecular complexity index is 465. The number of rotatable bonds is 2. The van der Waals surface area contributed by atoms with Crippen molar-refractivity contribution in [2.24, 2.45) is 0 Å². The molecule has 0 spiro atoms. The minimum Gasteiger partial charge on any atom is -0.289 e. The van der Waals surface area contributed by atoms with E-state index in [0.717, 1.165) is 11.6 Å². The Morgan fingerprint density at radius 3 is 2.67 bits per heavy atom. The summed E-state index contributed by atoms with van der Waals surface area (Å²) in [7, 11) is 0. The standard InChI is InChI=1S/C12H10FNO/c1-8(2)5-12(15)9-3-4-11(13)10(6-9)7-14/h3-6H,1-2H3. The summed E-state index contributed by atoms with van der Waals surface area (Å²) in [5, 5.41) is 8.59. The molecule has 0 fully saturated rings. The van der Waals surface area contributed by atoms with Crippen LogP contribution in [0.5, 0.6) is 0 Å². The Labute approximate surface area is 87.7 Å². The van der Waals surface area contributed by atoms with Gasteiger partial charge in [-0.3, -0.25) is 4.79 Å². The van der Waals surface area contributed by atoms with Gasteiger partial charge >= 0.3 is 0 Å². The number of hydrogen-bond acceptors (Lipinski definition) is 2. The molecule has 0 N–H and O–H groups in total. The topological polar surface area (TPSA) is 40.9 Å². The van der Waals surface area contributed by atoms with Gasteiger partial charge in [-0.2, -0.15) is 5.26 Å². The van der Waals surface area contributed by atoms with Gasteiger partial charge in [0.2, 0.25) is 0 Å². The number of nitriles is 1. The third-order valence-electron chi connectivity index (χ3n) is 1.79. The molecule has 0 saturated heterocycles. The van der Waals surface area contributed by atoms with Gasteiger partial charge in [-0.25, -0.2) is 4.39 Å². The van der Waals surface area contributed by atoms with Crippen LogP contribution in [0.4, 0.5) is 4.39 Å². The van der Waals surface area contributed by atoms with Gasteiger partial charge in [0.05, 0.1) is 5.56 Å². The van der Waals surface area contributed by atoms with E-state index in [-0.39, 0.29) is 11.3 Å². The predicted octanol–water partition coefficient (Wildman–Crippen LogP) is 2.85. The summed E-state index contributed by atoms with van der Waals surface area (Å²) in [5.41, 5.74) is 1.08. The average molecular weight is 203 g/mol. The highest BCUT2D eigenvalue weighted by atomic mass is 19.1. The Morgan fingerprint density at radius 1 is 1.47 bits per heavy atom. The quantitative estimate of drug-likeness (QED) is 0.547. The molecule has 0 aliphatic rings. The summed E-state index contributed by atoms with van der Waals surface area (Å²) in [4.78, 5) is 11.5. The molecule has 0 saturated carbocycles. The molecule has 0 atom stereocenters.